The van der Waals surface area contributed by atoms with Gasteiger partial charge in [-0.25, -0.2) is 11.7 Å². The predicted octanol–water partition coefficient (Wildman–Crippen LogP) is -0.483. The maximum Gasteiger partial charge on any atom is 0.289 e. The average molecular weight is 214 g/mol. The number of hydrogen-bond acceptors (Lipinski definition) is 5. The number of carbonyl (C=O) groups is 1. The zero-order chi connectivity index (χ0) is 9.28. The third kappa shape index (κ3) is 22.7. The van der Waals surface area contributed by atoms with Crippen LogP contribution in [0.3, 0.4) is 0 Å². The quantitative estimate of drug-likeness (QED) is 0.123. The number of amides is 1. The highest BCUT2D eigenvalue weighted by Crippen LogP contribution is 1.65. The molecule has 1 amide bonds. The van der Waals surface area contributed by atoms with Gasteiger partial charge in [-0.2, -0.15) is 0 Å². The van der Waals surface area contributed by atoms with Crippen molar-refractivity contribution in [1.82, 2.24) is 10.9 Å². The summed E-state index contributed by atoms with van der Waals surface area (Å²) in [5.41, 5.74) is 3.88. The van der Waals surface area contributed by atoms with Crippen molar-refractivity contribution in [3.8, 4) is 0 Å². The van der Waals surface area contributed by atoms with Crippen LogP contribution in [0, 0.1) is 0 Å². The van der Waals surface area contributed by atoms with Crippen LogP contribution in [0.4, 0.5) is 4.79 Å². The smallest absolute Gasteiger partial charge is 0.289 e. The lowest BCUT2D eigenvalue weighted by Crippen LogP contribution is -2.29. The van der Waals surface area contributed by atoms with Crippen LogP contribution in [0.2, 0.25) is 0 Å². The molecule has 0 aromatic heterocycles. The first kappa shape index (κ1) is 17.5. The normalized spacial score (nSPS) is 6.33. The minimum Gasteiger partial charge on any atom is -0.473 e. The van der Waals surface area contributed by atoms with Crippen LogP contribution in [0.25, 0.3) is 0 Å². The van der Waals surface area contributed by atoms with Crippen molar-refractivity contribution in [2.24, 2.45) is 11.7 Å². The Kier molecular flexibility index (Phi) is 19.0. The summed E-state index contributed by atoms with van der Waals surface area (Å²) in [6.45, 7) is 0. The van der Waals surface area contributed by atoms with Gasteiger partial charge in [-0.05, 0) is 12.2 Å². The molecule has 0 saturated carbocycles. The van der Waals surface area contributed by atoms with E-state index in [4.69, 9.17) is 5.84 Å². The first-order valence-corrected chi connectivity index (χ1v) is 3.18. The van der Waals surface area contributed by atoms with E-state index in [1.165, 1.54) is 7.11 Å². The number of ether oxygens (including phenoxy) is 1. The van der Waals surface area contributed by atoms with E-state index in [1.54, 1.807) is 5.43 Å². The summed E-state index contributed by atoms with van der Waals surface area (Å²) >= 11 is 7.62. The van der Waals surface area contributed by atoms with Gasteiger partial charge in [-0.15, -0.1) is 0 Å². The Balaban J connectivity index is -0.000000126. The molecule has 0 aliphatic carbocycles. The largest absolute Gasteiger partial charge is 0.473 e. The Morgan fingerprint density at radius 2 is 1.83 bits per heavy atom. The van der Waals surface area contributed by atoms with Gasteiger partial charge in [0.05, 0.1) is 7.11 Å². The molecule has 0 aliphatic heterocycles. The molecule has 74 valence electrons. The lowest BCUT2D eigenvalue weighted by Gasteiger charge is -1.94. The van der Waals surface area contributed by atoms with E-state index in [0.29, 0.717) is 0 Å². The molecular formula is C4H14N4O2S2. The summed E-state index contributed by atoms with van der Waals surface area (Å²) in [7, 11) is 1.45. The number of nitrogens with one attached hydrogen (secondary N) is 2. The van der Waals surface area contributed by atoms with E-state index in [1.807, 2.05) is 0 Å². The zero-order valence-corrected chi connectivity index (χ0v) is 7.54. The highest BCUT2D eigenvalue weighted by molar-refractivity contribution is 7.96. The monoisotopic (exact) mass is 214 g/mol. The van der Waals surface area contributed by atoms with Gasteiger partial charge in [0, 0.05) is 0 Å². The number of methoxy groups -OCH3 is 1. The summed E-state index contributed by atoms with van der Waals surface area (Å²) < 4.78 is 4.39. The highest BCUT2D eigenvalue weighted by atomic mass is 32.1. The molecule has 0 spiro atoms. The lowest BCUT2D eigenvalue weighted by molar-refractivity contribution is 0.261. The standard InChI is InChI=1S/C2H6N2OS.CH4N2OS.CH4/c1-5-2(6)4-3;2-3-1(4)5;/h3H2,1H3,(H,4,6);2H2,(H2,3,4,5);1H4. The second-order valence-corrected chi connectivity index (χ2v) is 1.86. The Hall–Kier alpha value is -0.570. The Labute approximate surface area is 82.4 Å². The summed E-state index contributed by atoms with van der Waals surface area (Å²) in [6, 6.07) is 0. The Bertz CT molecular complexity index is 126. The van der Waals surface area contributed by atoms with E-state index in [2.05, 4.69) is 40.9 Å². The molecule has 6 nitrogen and oxygen atoms in total. The van der Waals surface area contributed by atoms with E-state index < -0.39 is 5.24 Å². The van der Waals surface area contributed by atoms with Crippen LogP contribution in [-0.4, -0.2) is 17.5 Å². The molecule has 0 heterocycles. The Morgan fingerprint density at radius 1 is 1.50 bits per heavy atom. The van der Waals surface area contributed by atoms with Gasteiger partial charge in [-0.1, -0.05) is 20.1 Å². The zero-order valence-electron chi connectivity index (χ0n) is 5.83. The molecule has 0 atom stereocenters. The number of hydrogen-bond donors (Lipinski definition) is 5. The van der Waals surface area contributed by atoms with Crippen molar-refractivity contribution in [2.45, 2.75) is 7.43 Å². The topological polar surface area (TPSA) is 102 Å². The van der Waals surface area contributed by atoms with Gasteiger partial charge in [-0.3, -0.25) is 15.6 Å². The first-order chi connectivity index (χ1) is 5.08. The van der Waals surface area contributed by atoms with Crippen LogP contribution < -0.4 is 22.5 Å². The van der Waals surface area contributed by atoms with Gasteiger partial charge in [0.1, 0.15) is 0 Å². The summed E-state index contributed by atoms with van der Waals surface area (Å²) in [6.07, 6.45) is 0. The maximum absolute atomic E-state index is 9.44. The van der Waals surface area contributed by atoms with Crippen molar-refractivity contribution in [3.63, 3.8) is 0 Å². The highest BCUT2D eigenvalue weighted by Gasteiger charge is 1.79. The second kappa shape index (κ2) is 13.1. The van der Waals surface area contributed by atoms with Crippen LogP contribution in [0.5, 0.6) is 0 Å². The second-order valence-electron chi connectivity index (χ2n) is 1.09. The number of thiocarbonyl (C=S) groups is 1. The van der Waals surface area contributed by atoms with Crippen molar-refractivity contribution in [3.05, 3.63) is 0 Å². The van der Waals surface area contributed by atoms with Crippen LogP contribution in [0.15, 0.2) is 0 Å². The molecule has 0 unspecified atom stereocenters. The SMILES string of the molecule is C.COC(=S)NN.NNC(=O)S. The Morgan fingerprint density at radius 3 is 1.83 bits per heavy atom. The fourth-order valence-electron chi connectivity index (χ4n) is 0.0589. The summed E-state index contributed by atoms with van der Waals surface area (Å²) in [4.78, 5) is 9.44. The lowest BCUT2D eigenvalue weighted by atomic mass is 11.3. The molecule has 8 heteroatoms. The first-order valence-electron chi connectivity index (χ1n) is 2.32. The fraction of sp³-hybridized carbons (Fsp3) is 0.500. The van der Waals surface area contributed by atoms with Gasteiger partial charge in [0.2, 0.25) is 0 Å². The molecule has 0 bridgehead atoms. The molecular weight excluding hydrogens is 200 g/mol. The summed E-state index contributed by atoms with van der Waals surface area (Å²) in [5.74, 6) is 9.26. The van der Waals surface area contributed by atoms with Gasteiger partial charge in [0.15, 0.2) is 0 Å². The van der Waals surface area contributed by atoms with Crippen molar-refractivity contribution in [1.29, 1.82) is 0 Å². The number of hydrazine groups is 2. The molecule has 12 heavy (non-hydrogen) atoms. The predicted molar refractivity (Wildman–Crippen MR) is 55.4 cm³/mol. The summed E-state index contributed by atoms with van der Waals surface area (Å²) in [5, 5.41) is -0.319. The molecule has 0 radical (unpaired) electrons. The average Bonchev–Trinajstić information content (AvgIpc) is 2.04. The van der Waals surface area contributed by atoms with Gasteiger partial charge in [0.25, 0.3) is 10.4 Å². The molecule has 0 fully saturated rings. The molecule has 6 N–H and O–H groups in total. The van der Waals surface area contributed by atoms with Gasteiger partial charge >= 0.3 is 0 Å². The van der Waals surface area contributed by atoms with Crippen LogP contribution >= 0.6 is 24.8 Å². The molecule has 0 saturated heterocycles. The third-order valence-electron chi connectivity index (χ3n) is 0.427. The van der Waals surface area contributed by atoms with Crippen molar-refractivity contribution in [2.75, 3.05) is 7.11 Å². The number of nitrogens with two attached hydrogens (primary N) is 2. The minimum absolute atomic E-state index is 0. The van der Waals surface area contributed by atoms with Crippen molar-refractivity contribution >= 4 is 35.3 Å². The maximum atomic E-state index is 9.44. The number of thiol groups is 1. The fourth-order valence-corrected chi connectivity index (χ4v) is 0.0589. The van der Waals surface area contributed by atoms with Gasteiger partial charge < -0.3 is 4.74 Å². The third-order valence-corrected chi connectivity index (χ3v) is 0.840. The van der Waals surface area contributed by atoms with Crippen LogP contribution in [-0.2, 0) is 4.74 Å². The van der Waals surface area contributed by atoms with Crippen LogP contribution in [0.1, 0.15) is 7.43 Å². The minimum atomic E-state index is -0.523. The number of carbonyl (C=O) groups excluding carboxylic acids is 1. The molecule has 0 rings (SSSR count). The van der Waals surface area contributed by atoms with E-state index in [0.717, 1.165) is 0 Å². The van der Waals surface area contributed by atoms with Crippen molar-refractivity contribution < 1.29 is 9.53 Å². The molecule has 0 aliphatic rings. The van der Waals surface area contributed by atoms with E-state index in [-0.39, 0.29) is 12.6 Å². The van der Waals surface area contributed by atoms with E-state index >= 15 is 0 Å². The molecule has 0 aromatic rings. The van der Waals surface area contributed by atoms with E-state index in [9.17, 15) is 4.79 Å². The molecule has 0 aromatic carbocycles. The number of rotatable bonds is 0.